The summed E-state index contributed by atoms with van der Waals surface area (Å²) in [4.78, 5) is 54.6. The van der Waals surface area contributed by atoms with E-state index in [1.54, 1.807) is 41.8 Å². The number of primary amides is 1. The number of hydrogen-bond acceptors (Lipinski definition) is 4. The standard InChI is InChI=1S/C34H42N4O5/c1-23(21-33(2,3)36-32(42)43)18-29(39)37(5)28(20-25-16-17-26-14-10-11-15-27(26)19-25)30(40)38(6)34(4,31(35)41)22-24-12-8-7-9-13-24/h7-19,28,36H,20-22H2,1-6H3,(H2,35,41)(H,42,43)/b23-18-. The fourth-order valence-electron chi connectivity index (χ4n) is 5.36. The van der Waals surface area contributed by atoms with E-state index in [4.69, 9.17) is 10.8 Å². The smallest absolute Gasteiger partial charge is 0.405 e. The van der Waals surface area contributed by atoms with Crippen LogP contribution >= 0.6 is 0 Å². The first-order chi connectivity index (χ1) is 20.1. The van der Waals surface area contributed by atoms with Crippen molar-refractivity contribution in [1.82, 2.24) is 15.1 Å². The maximum atomic E-state index is 14.3. The molecule has 0 fully saturated rings. The first-order valence-electron chi connectivity index (χ1n) is 14.2. The second-order valence-corrected chi connectivity index (χ2v) is 12.0. The third kappa shape index (κ3) is 8.44. The molecule has 9 nitrogen and oxygen atoms in total. The summed E-state index contributed by atoms with van der Waals surface area (Å²) < 4.78 is 0. The van der Waals surface area contributed by atoms with Crippen LogP contribution in [0, 0.1) is 0 Å². The third-order valence-corrected chi connectivity index (χ3v) is 7.87. The Kier molecular flexibility index (Phi) is 10.3. The number of carboxylic acid groups (broad SMARTS) is 1. The van der Waals surface area contributed by atoms with Gasteiger partial charge < -0.3 is 26.0 Å². The first kappa shape index (κ1) is 32.8. The lowest BCUT2D eigenvalue weighted by Gasteiger charge is -2.40. The van der Waals surface area contributed by atoms with Gasteiger partial charge in [0.25, 0.3) is 0 Å². The van der Waals surface area contributed by atoms with Crippen molar-refractivity contribution < 1.29 is 24.3 Å². The number of hydrogen-bond donors (Lipinski definition) is 3. The quantitative estimate of drug-likeness (QED) is 0.268. The molecule has 43 heavy (non-hydrogen) atoms. The van der Waals surface area contributed by atoms with Gasteiger partial charge in [-0.25, -0.2) is 4.79 Å². The van der Waals surface area contributed by atoms with Crippen molar-refractivity contribution in [2.45, 2.75) is 64.1 Å². The maximum absolute atomic E-state index is 14.3. The lowest BCUT2D eigenvalue weighted by atomic mass is 9.89. The largest absolute Gasteiger partial charge is 0.465 e. The van der Waals surface area contributed by atoms with Gasteiger partial charge in [-0.2, -0.15) is 0 Å². The Morgan fingerprint density at radius 1 is 0.907 bits per heavy atom. The van der Waals surface area contributed by atoms with Crippen molar-refractivity contribution in [2.24, 2.45) is 5.73 Å². The molecule has 0 spiro atoms. The molecule has 228 valence electrons. The van der Waals surface area contributed by atoms with E-state index in [9.17, 15) is 19.2 Å². The summed E-state index contributed by atoms with van der Waals surface area (Å²) in [7, 11) is 3.10. The van der Waals surface area contributed by atoms with Crippen LogP contribution in [-0.4, -0.2) is 69.9 Å². The number of carbonyl (C=O) groups excluding carboxylic acids is 3. The van der Waals surface area contributed by atoms with Gasteiger partial charge >= 0.3 is 6.09 Å². The van der Waals surface area contributed by atoms with Crippen molar-refractivity contribution >= 4 is 34.6 Å². The number of amides is 4. The van der Waals surface area contributed by atoms with Crippen molar-refractivity contribution in [3.63, 3.8) is 0 Å². The zero-order valence-electron chi connectivity index (χ0n) is 25.8. The minimum Gasteiger partial charge on any atom is -0.465 e. The van der Waals surface area contributed by atoms with Crippen LogP contribution in [-0.2, 0) is 27.2 Å². The van der Waals surface area contributed by atoms with Gasteiger partial charge in [0.15, 0.2) is 0 Å². The molecule has 2 atom stereocenters. The average Bonchev–Trinajstić information content (AvgIpc) is 2.93. The van der Waals surface area contributed by atoms with Gasteiger partial charge in [-0.3, -0.25) is 14.4 Å². The Balaban J connectivity index is 1.97. The van der Waals surface area contributed by atoms with Gasteiger partial charge in [-0.15, -0.1) is 0 Å². The van der Waals surface area contributed by atoms with Crippen molar-refractivity contribution in [2.75, 3.05) is 14.1 Å². The molecule has 3 aromatic rings. The van der Waals surface area contributed by atoms with Crippen LogP contribution in [0.4, 0.5) is 4.79 Å². The Labute approximate surface area is 253 Å². The highest BCUT2D eigenvalue weighted by Crippen LogP contribution is 2.24. The Morgan fingerprint density at radius 3 is 2.12 bits per heavy atom. The fraction of sp³-hybridized carbons (Fsp3) is 0.353. The van der Waals surface area contributed by atoms with Gasteiger partial charge in [0.2, 0.25) is 17.7 Å². The Morgan fingerprint density at radius 2 is 1.51 bits per heavy atom. The van der Waals surface area contributed by atoms with E-state index in [-0.39, 0.29) is 12.8 Å². The van der Waals surface area contributed by atoms with Crippen molar-refractivity contribution in [3.05, 3.63) is 95.6 Å². The SMILES string of the molecule is C/C(=C/C(=O)N(C)C(Cc1ccc2ccccc2c1)C(=O)N(C)C(C)(Cc1ccccc1)C(N)=O)CC(C)(C)NC(=O)O. The van der Waals surface area contributed by atoms with E-state index >= 15 is 0 Å². The van der Waals surface area contributed by atoms with Crippen LogP contribution in [0.5, 0.6) is 0 Å². The summed E-state index contributed by atoms with van der Waals surface area (Å²) in [5.41, 5.74) is 6.08. The molecular formula is C34H42N4O5. The molecule has 0 aromatic heterocycles. The van der Waals surface area contributed by atoms with Crippen LogP contribution in [0.3, 0.4) is 0 Å². The lowest BCUT2D eigenvalue weighted by Crippen LogP contribution is -2.61. The van der Waals surface area contributed by atoms with Crippen LogP contribution in [0.25, 0.3) is 10.8 Å². The van der Waals surface area contributed by atoms with Gasteiger partial charge in [0.05, 0.1) is 0 Å². The summed E-state index contributed by atoms with van der Waals surface area (Å²) in [6.07, 6.45) is 0.965. The van der Waals surface area contributed by atoms with E-state index in [2.05, 4.69) is 5.32 Å². The molecule has 0 bridgehead atoms. The zero-order chi connectivity index (χ0) is 31.9. The number of rotatable bonds is 12. The van der Waals surface area contributed by atoms with Crippen LogP contribution < -0.4 is 11.1 Å². The number of fused-ring (bicyclic) bond motifs is 1. The number of nitrogens with zero attached hydrogens (tertiary/aromatic N) is 2. The normalized spacial score (nSPS) is 14.0. The Bertz CT molecular complexity index is 1520. The summed E-state index contributed by atoms with van der Waals surface area (Å²) in [6, 6.07) is 22.1. The molecule has 0 saturated carbocycles. The highest BCUT2D eigenvalue weighted by atomic mass is 16.4. The molecule has 3 rings (SSSR count). The minimum atomic E-state index is -1.36. The number of carbonyl (C=O) groups is 4. The van der Waals surface area contributed by atoms with E-state index in [1.807, 2.05) is 72.8 Å². The van der Waals surface area contributed by atoms with E-state index < -0.39 is 40.9 Å². The van der Waals surface area contributed by atoms with Crippen LogP contribution in [0.15, 0.2) is 84.4 Å². The number of nitrogens with one attached hydrogen (secondary N) is 1. The van der Waals surface area contributed by atoms with Crippen molar-refractivity contribution in [3.8, 4) is 0 Å². The molecule has 0 aliphatic heterocycles. The highest BCUT2D eigenvalue weighted by molar-refractivity contribution is 5.96. The summed E-state index contributed by atoms with van der Waals surface area (Å²) >= 11 is 0. The molecule has 0 radical (unpaired) electrons. The van der Waals surface area contributed by atoms with Gasteiger partial charge in [0.1, 0.15) is 11.6 Å². The first-order valence-corrected chi connectivity index (χ1v) is 14.2. The molecule has 2 unspecified atom stereocenters. The maximum Gasteiger partial charge on any atom is 0.405 e. The molecular weight excluding hydrogens is 544 g/mol. The highest BCUT2D eigenvalue weighted by Gasteiger charge is 2.42. The molecule has 4 amide bonds. The fourth-order valence-corrected chi connectivity index (χ4v) is 5.36. The van der Waals surface area contributed by atoms with Gasteiger partial charge in [-0.1, -0.05) is 78.4 Å². The van der Waals surface area contributed by atoms with E-state index in [1.165, 1.54) is 15.9 Å². The predicted molar refractivity (Wildman–Crippen MR) is 168 cm³/mol. The number of benzene rings is 3. The van der Waals surface area contributed by atoms with Gasteiger partial charge in [-0.05, 0) is 56.0 Å². The molecule has 0 aliphatic rings. The Hall–Kier alpha value is -4.66. The summed E-state index contributed by atoms with van der Waals surface area (Å²) in [6.45, 7) is 6.83. The molecule has 4 N–H and O–H groups in total. The third-order valence-electron chi connectivity index (χ3n) is 7.87. The molecule has 0 saturated heterocycles. The van der Waals surface area contributed by atoms with E-state index in [0.717, 1.165) is 21.9 Å². The van der Waals surface area contributed by atoms with Crippen LogP contribution in [0.1, 0.15) is 45.2 Å². The van der Waals surface area contributed by atoms with Crippen LogP contribution in [0.2, 0.25) is 0 Å². The van der Waals surface area contributed by atoms with Crippen molar-refractivity contribution in [1.29, 1.82) is 0 Å². The number of nitrogens with two attached hydrogens (primary N) is 1. The topological polar surface area (TPSA) is 133 Å². The molecule has 0 aliphatic carbocycles. The van der Waals surface area contributed by atoms with Gasteiger partial charge in [0, 0.05) is 38.6 Å². The minimum absolute atomic E-state index is 0.204. The lowest BCUT2D eigenvalue weighted by molar-refractivity contribution is -0.149. The average molecular weight is 587 g/mol. The molecule has 0 heterocycles. The zero-order valence-corrected chi connectivity index (χ0v) is 25.8. The summed E-state index contributed by atoms with van der Waals surface area (Å²) in [5.74, 6) is -1.50. The number of likely N-dealkylation sites (N-methyl/N-ethyl adjacent to an activating group) is 2. The molecule has 3 aromatic carbocycles. The summed E-state index contributed by atoms with van der Waals surface area (Å²) in [5, 5.41) is 13.6. The second-order valence-electron chi connectivity index (χ2n) is 12.0. The second kappa shape index (κ2) is 13.5. The molecule has 9 heteroatoms. The predicted octanol–water partition coefficient (Wildman–Crippen LogP) is 4.54. The monoisotopic (exact) mass is 586 g/mol. The van der Waals surface area contributed by atoms with E-state index in [0.29, 0.717) is 12.0 Å².